The van der Waals surface area contributed by atoms with Crippen molar-refractivity contribution >= 4 is 5.97 Å². The van der Waals surface area contributed by atoms with Gasteiger partial charge >= 0.3 is 5.97 Å². The molecule has 1 fully saturated rings. The van der Waals surface area contributed by atoms with E-state index in [0.29, 0.717) is 6.04 Å². The van der Waals surface area contributed by atoms with Gasteiger partial charge < -0.3 is 14.8 Å². The number of hydrogen-bond acceptors (Lipinski definition) is 4. The average Bonchev–Trinajstić information content (AvgIpc) is 3.18. The van der Waals surface area contributed by atoms with Gasteiger partial charge in [0.1, 0.15) is 5.75 Å². The molecule has 0 bridgehead atoms. The number of carbonyl (C=O) groups excluding carboxylic acids is 1. The lowest BCUT2D eigenvalue weighted by Gasteiger charge is -2.13. The first kappa shape index (κ1) is 12.9. The zero-order chi connectivity index (χ0) is 13.0. The van der Waals surface area contributed by atoms with Gasteiger partial charge in [0, 0.05) is 18.2 Å². The molecule has 1 aromatic carbocycles. The smallest absolute Gasteiger partial charge is 0.343 e. The summed E-state index contributed by atoms with van der Waals surface area (Å²) in [5.41, 5.74) is 2.12. The van der Waals surface area contributed by atoms with Crippen molar-refractivity contribution < 1.29 is 14.3 Å². The zero-order valence-electron chi connectivity index (χ0n) is 10.9. The third-order valence-corrected chi connectivity index (χ3v) is 3.01. The molecule has 4 heteroatoms. The van der Waals surface area contributed by atoms with Gasteiger partial charge in [0.25, 0.3) is 0 Å². The summed E-state index contributed by atoms with van der Waals surface area (Å²) < 4.78 is 10.1. The molecule has 0 aliphatic heterocycles. The Hall–Kier alpha value is -1.55. The van der Waals surface area contributed by atoms with Gasteiger partial charge in [-0.15, -0.1) is 0 Å². The average molecular weight is 249 g/mol. The number of carbonyl (C=O) groups is 1. The second-order valence-corrected chi connectivity index (χ2v) is 4.58. The molecule has 1 aliphatic rings. The molecule has 1 N–H and O–H groups in total. The summed E-state index contributed by atoms with van der Waals surface area (Å²) in [6.45, 7) is 2.72. The summed E-state index contributed by atoms with van der Waals surface area (Å²) in [5.74, 6) is 0.426. The highest BCUT2D eigenvalue weighted by molar-refractivity contribution is 5.71. The molecule has 0 saturated heterocycles. The largest absolute Gasteiger partial charge is 0.481 e. The van der Waals surface area contributed by atoms with Crippen LogP contribution < -0.4 is 10.1 Å². The summed E-state index contributed by atoms with van der Waals surface area (Å²) in [7, 11) is 1.36. The Morgan fingerprint density at radius 2 is 2.22 bits per heavy atom. The Morgan fingerprint density at radius 3 is 2.89 bits per heavy atom. The van der Waals surface area contributed by atoms with E-state index in [1.54, 1.807) is 0 Å². The van der Waals surface area contributed by atoms with E-state index in [9.17, 15) is 4.79 Å². The molecule has 98 valence electrons. The van der Waals surface area contributed by atoms with Crippen LogP contribution in [-0.2, 0) is 16.1 Å². The van der Waals surface area contributed by atoms with E-state index in [1.165, 1.54) is 20.0 Å². The lowest BCUT2D eigenvalue weighted by Crippen LogP contribution is -2.18. The van der Waals surface area contributed by atoms with Gasteiger partial charge in [-0.05, 0) is 25.3 Å². The molecule has 0 radical (unpaired) electrons. The SMILES string of the molecule is COC(=O)COc1c(C)cccc1CNC1CC1. The van der Waals surface area contributed by atoms with E-state index in [4.69, 9.17) is 4.74 Å². The molecule has 0 atom stereocenters. The quantitative estimate of drug-likeness (QED) is 0.781. The minimum Gasteiger partial charge on any atom is -0.481 e. The Morgan fingerprint density at radius 1 is 1.44 bits per heavy atom. The van der Waals surface area contributed by atoms with E-state index in [-0.39, 0.29) is 12.6 Å². The Bertz CT molecular complexity index is 427. The van der Waals surface area contributed by atoms with Crippen LogP contribution in [0.1, 0.15) is 24.0 Å². The van der Waals surface area contributed by atoms with Crippen molar-refractivity contribution in [1.82, 2.24) is 5.32 Å². The highest BCUT2D eigenvalue weighted by Crippen LogP contribution is 2.25. The normalized spacial score (nSPS) is 14.3. The van der Waals surface area contributed by atoms with Crippen molar-refractivity contribution in [3.8, 4) is 5.75 Å². The van der Waals surface area contributed by atoms with Crippen molar-refractivity contribution in [1.29, 1.82) is 0 Å². The molecule has 2 rings (SSSR count). The van der Waals surface area contributed by atoms with Crippen molar-refractivity contribution in [3.63, 3.8) is 0 Å². The third kappa shape index (κ3) is 3.47. The van der Waals surface area contributed by atoms with Gasteiger partial charge in [-0.25, -0.2) is 4.79 Å². The number of rotatable bonds is 6. The second-order valence-electron chi connectivity index (χ2n) is 4.58. The number of hydrogen-bond donors (Lipinski definition) is 1. The topological polar surface area (TPSA) is 47.6 Å². The minimum atomic E-state index is -0.362. The maximum Gasteiger partial charge on any atom is 0.343 e. The van der Waals surface area contributed by atoms with Crippen LogP contribution in [0, 0.1) is 6.92 Å². The minimum absolute atomic E-state index is 0.0439. The molecule has 4 nitrogen and oxygen atoms in total. The number of ether oxygens (including phenoxy) is 2. The van der Waals surface area contributed by atoms with Crippen LogP contribution >= 0.6 is 0 Å². The van der Waals surface area contributed by atoms with Crippen LogP contribution in [0.4, 0.5) is 0 Å². The van der Waals surface area contributed by atoms with Crippen molar-refractivity contribution in [2.24, 2.45) is 0 Å². The molecule has 0 unspecified atom stereocenters. The first-order valence-electron chi connectivity index (χ1n) is 6.22. The highest BCUT2D eigenvalue weighted by Gasteiger charge is 2.21. The predicted octanol–water partition coefficient (Wildman–Crippen LogP) is 1.80. The van der Waals surface area contributed by atoms with Gasteiger partial charge in [0.05, 0.1) is 7.11 Å². The lowest BCUT2D eigenvalue weighted by molar-refractivity contribution is -0.142. The van der Waals surface area contributed by atoms with Crippen LogP contribution in [0.15, 0.2) is 18.2 Å². The van der Waals surface area contributed by atoms with Gasteiger partial charge in [-0.3, -0.25) is 0 Å². The predicted molar refractivity (Wildman–Crippen MR) is 68.6 cm³/mol. The number of nitrogens with one attached hydrogen (secondary N) is 1. The van der Waals surface area contributed by atoms with E-state index in [2.05, 4.69) is 10.1 Å². The number of methoxy groups -OCH3 is 1. The van der Waals surface area contributed by atoms with E-state index in [0.717, 1.165) is 23.4 Å². The van der Waals surface area contributed by atoms with E-state index < -0.39 is 0 Å². The van der Waals surface area contributed by atoms with E-state index in [1.807, 2.05) is 25.1 Å². The monoisotopic (exact) mass is 249 g/mol. The number of para-hydroxylation sites is 1. The molecular formula is C14H19NO3. The first-order valence-corrected chi connectivity index (χ1v) is 6.22. The van der Waals surface area contributed by atoms with Crippen molar-refractivity contribution in [2.45, 2.75) is 32.4 Å². The Balaban J connectivity index is 2.02. The van der Waals surface area contributed by atoms with Crippen LogP contribution in [0.5, 0.6) is 5.75 Å². The van der Waals surface area contributed by atoms with Gasteiger partial charge in [0.15, 0.2) is 6.61 Å². The number of benzene rings is 1. The number of esters is 1. The highest BCUT2D eigenvalue weighted by atomic mass is 16.6. The molecular weight excluding hydrogens is 230 g/mol. The zero-order valence-corrected chi connectivity index (χ0v) is 10.9. The summed E-state index contributed by atoms with van der Waals surface area (Å²) in [5, 5.41) is 3.45. The maximum absolute atomic E-state index is 11.1. The summed E-state index contributed by atoms with van der Waals surface area (Å²) in [6.07, 6.45) is 2.51. The van der Waals surface area contributed by atoms with Gasteiger partial charge in [-0.2, -0.15) is 0 Å². The summed E-state index contributed by atoms with van der Waals surface area (Å²) >= 11 is 0. The summed E-state index contributed by atoms with van der Waals surface area (Å²) in [4.78, 5) is 11.1. The Kier molecular flexibility index (Phi) is 4.20. The standard InChI is InChI=1S/C14H19NO3/c1-10-4-3-5-11(8-15-12-6-7-12)14(10)18-9-13(16)17-2/h3-5,12,15H,6-9H2,1-2H3. The lowest BCUT2D eigenvalue weighted by atomic mass is 10.1. The fourth-order valence-corrected chi connectivity index (χ4v) is 1.79. The molecule has 1 aliphatic carbocycles. The van der Waals surface area contributed by atoms with Crippen LogP contribution in [0.2, 0.25) is 0 Å². The van der Waals surface area contributed by atoms with Crippen molar-refractivity contribution in [3.05, 3.63) is 29.3 Å². The maximum atomic E-state index is 11.1. The molecule has 18 heavy (non-hydrogen) atoms. The molecule has 0 spiro atoms. The van der Waals surface area contributed by atoms with Crippen molar-refractivity contribution in [2.75, 3.05) is 13.7 Å². The molecule has 0 aromatic heterocycles. The molecule has 0 heterocycles. The molecule has 0 amide bonds. The molecule has 1 saturated carbocycles. The van der Waals surface area contributed by atoms with Gasteiger partial charge in [-0.1, -0.05) is 18.2 Å². The first-order chi connectivity index (χ1) is 8.70. The fraction of sp³-hybridized carbons (Fsp3) is 0.500. The van der Waals surface area contributed by atoms with Crippen LogP contribution in [-0.4, -0.2) is 25.7 Å². The number of aryl methyl sites for hydroxylation is 1. The van der Waals surface area contributed by atoms with E-state index >= 15 is 0 Å². The van der Waals surface area contributed by atoms with Crippen LogP contribution in [0.25, 0.3) is 0 Å². The van der Waals surface area contributed by atoms with Crippen LogP contribution in [0.3, 0.4) is 0 Å². The molecule has 1 aromatic rings. The van der Waals surface area contributed by atoms with Gasteiger partial charge in [0.2, 0.25) is 0 Å². The second kappa shape index (κ2) is 5.87. The Labute approximate surface area is 107 Å². The summed E-state index contributed by atoms with van der Waals surface area (Å²) in [6, 6.07) is 6.66. The fourth-order valence-electron chi connectivity index (χ4n) is 1.79. The third-order valence-electron chi connectivity index (χ3n) is 3.01.